The normalized spacial score (nSPS) is 37.7. The molecule has 0 amide bonds. The van der Waals surface area contributed by atoms with Crippen molar-refractivity contribution < 1.29 is 29.6 Å². The number of hydrogen-bond donors (Lipinski definition) is 3. The maximum atomic E-state index is 12.5. The van der Waals surface area contributed by atoms with Crippen LogP contribution >= 0.6 is 11.6 Å². The Bertz CT molecular complexity index is 658. The molecule has 0 saturated heterocycles. The first-order valence-corrected chi connectivity index (χ1v) is 9.75. The number of esters is 1. The predicted molar refractivity (Wildman–Crippen MR) is 101 cm³/mol. The molecule has 0 aromatic rings. The van der Waals surface area contributed by atoms with Crippen LogP contribution < -0.4 is 0 Å². The molecule has 7 heteroatoms. The van der Waals surface area contributed by atoms with E-state index in [1.165, 1.54) is 27.7 Å². The first-order valence-electron chi connectivity index (χ1n) is 9.31. The molecule has 6 atom stereocenters. The number of carbonyl (C=O) groups excluding carboxylic acids is 2. The van der Waals surface area contributed by atoms with E-state index in [0.29, 0.717) is 12.8 Å². The molecule has 154 valence electrons. The SMILES string of the molecule is C[C@H](Cl)[C@](C)(O)C(=O)O[C@@H]1CC[C@]2(C)CC(=O)C(C(C)(C)O)=C[C@H]2[C@]1(C)O. The molecular formula is C20H31ClO6. The van der Waals surface area contributed by atoms with Gasteiger partial charge in [0.2, 0.25) is 0 Å². The van der Waals surface area contributed by atoms with Gasteiger partial charge >= 0.3 is 5.97 Å². The van der Waals surface area contributed by atoms with Gasteiger partial charge in [0, 0.05) is 17.9 Å². The maximum Gasteiger partial charge on any atom is 0.339 e. The Labute approximate surface area is 165 Å². The predicted octanol–water partition coefficient (Wildman–Crippen LogP) is 2.11. The second-order valence-corrected chi connectivity index (χ2v) is 9.95. The molecule has 3 N–H and O–H groups in total. The summed E-state index contributed by atoms with van der Waals surface area (Å²) in [6.07, 6.45) is 1.90. The lowest BCUT2D eigenvalue weighted by molar-refractivity contribution is -0.203. The van der Waals surface area contributed by atoms with Crippen molar-refractivity contribution >= 4 is 23.4 Å². The quantitative estimate of drug-likeness (QED) is 0.491. The van der Waals surface area contributed by atoms with Crippen LogP contribution in [0.4, 0.5) is 0 Å². The highest BCUT2D eigenvalue weighted by Crippen LogP contribution is 2.54. The first kappa shape index (κ1) is 22.3. The summed E-state index contributed by atoms with van der Waals surface area (Å²) in [4.78, 5) is 24.9. The number of rotatable bonds is 4. The average Bonchev–Trinajstić information content (AvgIpc) is 2.47. The summed E-state index contributed by atoms with van der Waals surface area (Å²) in [5.41, 5.74) is -4.91. The summed E-state index contributed by atoms with van der Waals surface area (Å²) in [7, 11) is 0. The number of fused-ring (bicyclic) bond motifs is 1. The molecule has 0 heterocycles. The number of aliphatic hydroxyl groups is 3. The Morgan fingerprint density at radius 3 is 2.37 bits per heavy atom. The third-order valence-corrected chi connectivity index (χ3v) is 6.73. The number of alkyl halides is 1. The van der Waals surface area contributed by atoms with Crippen molar-refractivity contribution in [1.29, 1.82) is 0 Å². The number of Topliss-reactive ketones (excluding diaryl/α,β-unsaturated/α-hetero) is 1. The Balaban J connectivity index is 2.37. The Kier molecular flexibility index (Phi) is 5.65. The van der Waals surface area contributed by atoms with Gasteiger partial charge in [-0.3, -0.25) is 4.79 Å². The van der Waals surface area contributed by atoms with Gasteiger partial charge in [-0.15, -0.1) is 11.6 Å². The second kappa shape index (κ2) is 6.83. The van der Waals surface area contributed by atoms with Crippen molar-refractivity contribution in [2.24, 2.45) is 11.3 Å². The molecule has 2 aliphatic carbocycles. The molecule has 0 unspecified atom stereocenters. The van der Waals surface area contributed by atoms with E-state index in [4.69, 9.17) is 16.3 Å². The third-order valence-electron chi connectivity index (χ3n) is 6.30. The lowest BCUT2D eigenvalue weighted by Crippen LogP contribution is -2.60. The zero-order valence-electron chi connectivity index (χ0n) is 16.9. The number of carbonyl (C=O) groups is 2. The summed E-state index contributed by atoms with van der Waals surface area (Å²) >= 11 is 5.88. The Hall–Kier alpha value is -0.950. The first-order chi connectivity index (χ1) is 12.0. The van der Waals surface area contributed by atoms with Crippen molar-refractivity contribution in [2.75, 3.05) is 0 Å². The van der Waals surface area contributed by atoms with Crippen molar-refractivity contribution in [3.8, 4) is 0 Å². The van der Waals surface area contributed by atoms with E-state index < -0.39 is 45.6 Å². The highest BCUT2D eigenvalue weighted by Gasteiger charge is 2.57. The number of hydrogen-bond acceptors (Lipinski definition) is 6. The van der Waals surface area contributed by atoms with Gasteiger partial charge in [-0.1, -0.05) is 13.0 Å². The minimum Gasteiger partial charge on any atom is -0.457 e. The summed E-state index contributed by atoms with van der Waals surface area (Å²) in [6.45, 7) is 9.34. The Morgan fingerprint density at radius 2 is 1.89 bits per heavy atom. The molecule has 6 nitrogen and oxygen atoms in total. The maximum absolute atomic E-state index is 12.5. The molecule has 1 fully saturated rings. The number of halogens is 1. The van der Waals surface area contributed by atoms with Crippen molar-refractivity contribution in [3.63, 3.8) is 0 Å². The molecule has 27 heavy (non-hydrogen) atoms. The molecule has 0 aromatic heterocycles. The Morgan fingerprint density at radius 1 is 1.33 bits per heavy atom. The van der Waals surface area contributed by atoms with E-state index in [0.717, 1.165) is 0 Å². The van der Waals surface area contributed by atoms with Gasteiger partial charge in [-0.25, -0.2) is 4.79 Å². The summed E-state index contributed by atoms with van der Waals surface area (Å²) < 4.78 is 5.47. The van der Waals surface area contributed by atoms with E-state index in [1.54, 1.807) is 13.0 Å². The molecule has 1 saturated carbocycles. The van der Waals surface area contributed by atoms with E-state index in [-0.39, 0.29) is 17.8 Å². The van der Waals surface area contributed by atoms with Crippen LogP contribution in [0.5, 0.6) is 0 Å². The smallest absolute Gasteiger partial charge is 0.339 e. The zero-order valence-corrected chi connectivity index (χ0v) is 17.6. The van der Waals surface area contributed by atoms with E-state index in [9.17, 15) is 24.9 Å². The zero-order chi connectivity index (χ0) is 21.0. The monoisotopic (exact) mass is 402 g/mol. The molecule has 0 radical (unpaired) electrons. The molecule has 2 aliphatic rings. The molecule has 0 bridgehead atoms. The largest absolute Gasteiger partial charge is 0.457 e. The highest BCUT2D eigenvalue weighted by molar-refractivity contribution is 6.22. The topological polar surface area (TPSA) is 104 Å². The highest BCUT2D eigenvalue weighted by atomic mass is 35.5. The minimum atomic E-state index is -1.88. The summed E-state index contributed by atoms with van der Waals surface area (Å²) in [6, 6.07) is 0. The van der Waals surface area contributed by atoms with E-state index in [2.05, 4.69) is 0 Å². The van der Waals surface area contributed by atoms with Crippen LogP contribution in [0.1, 0.15) is 60.8 Å². The number of ketones is 1. The lowest BCUT2D eigenvalue weighted by Gasteiger charge is -2.54. The van der Waals surface area contributed by atoms with Crippen LogP contribution in [-0.4, -0.2) is 55.4 Å². The molecule has 2 rings (SSSR count). The summed E-state index contributed by atoms with van der Waals surface area (Å²) in [5, 5.41) is 31.0. The van der Waals surface area contributed by atoms with Gasteiger partial charge in [0.05, 0.1) is 11.0 Å². The standard InChI is InChI=1S/C20H31ClO6/c1-11(21)19(5,25)16(23)27-15-7-8-18(4)10-13(22)12(17(2,3)24)9-14(18)20(15,6)26/h9,11,14-15,24-26H,7-8,10H2,1-6H3/t11-,14+,15+,18+,19-,20-/m0/s1. The van der Waals surface area contributed by atoms with Crippen LogP contribution in [-0.2, 0) is 14.3 Å². The average molecular weight is 403 g/mol. The molecular weight excluding hydrogens is 372 g/mol. The third kappa shape index (κ3) is 3.95. The minimum absolute atomic E-state index is 0.133. The van der Waals surface area contributed by atoms with Crippen LogP contribution in [0, 0.1) is 11.3 Å². The van der Waals surface area contributed by atoms with Crippen LogP contribution in [0.25, 0.3) is 0 Å². The molecule has 0 spiro atoms. The summed E-state index contributed by atoms with van der Waals surface area (Å²) in [5.74, 6) is -1.52. The molecule has 0 aliphatic heterocycles. The van der Waals surface area contributed by atoms with Gasteiger partial charge in [-0.05, 0) is 52.9 Å². The second-order valence-electron chi connectivity index (χ2n) is 9.29. The van der Waals surface area contributed by atoms with Crippen molar-refractivity contribution in [1.82, 2.24) is 0 Å². The fourth-order valence-corrected chi connectivity index (χ4v) is 4.33. The fourth-order valence-electron chi connectivity index (χ4n) is 4.24. The van der Waals surface area contributed by atoms with E-state index >= 15 is 0 Å². The van der Waals surface area contributed by atoms with Gasteiger partial charge in [-0.2, -0.15) is 0 Å². The van der Waals surface area contributed by atoms with Gasteiger partial charge < -0.3 is 20.1 Å². The van der Waals surface area contributed by atoms with Crippen LogP contribution in [0.15, 0.2) is 11.6 Å². The number of ether oxygens (including phenoxy) is 1. The van der Waals surface area contributed by atoms with Crippen molar-refractivity contribution in [2.45, 2.75) is 89.1 Å². The van der Waals surface area contributed by atoms with Gasteiger partial charge in [0.25, 0.3) is 0 Å². The van der Waals surface area contributed by atoms with Gasteiger partial charge in [0.1, 0.15) is 11.7 Å². The van der Waals surface area contributed by atoms with E-state index in [1.807, 2.05) is 6.92 Å². The lowest BCUT2D eigenvalue weighted by atomic mass is 9.54. The van der Waals surface area contributed by atoms with Crippen molar-refractivity contribution in [3.05, 3.63) is 11.6 Å². The van der Waals surface area contributed by atoms with Crippen LogP contribution in [0.3, 0.4) is 0 Å². The fraction of sp³-hybridized carbons (Fsp3) is 0.800. The molecule has 0 aromatic carbocycles. The van der Waals surface area contributed by atoms with Crippen LogP contribution in [0.2, 0.25) is 0 Å². The van der Waals surface area contributed by atoms with Gasteiger partial charge in [0.15, 0.2) is 11.4 Å².